The van der Waals surface area contributed by atoms with Crippen LogP contribution >= 0.6 is 0 Å². The molecule has 47 heavy (non-hydrogen) atoms. The lowest BCUT2D eigenvalue weighted by molar-refractivity contribution is 0.0696. The van der Waals surface area contributed by atoms with E-state index >= 15 is 0 Å². The van der Waals surface area contributed by atoms with Gasteiger partial charge in [0.15, 0.2) is 11.5 Å². The summed E-state index contributed by atoms with van der Waals surface area (Å²) < 4.78 is 11.8. The third kappa shape index (κ3) is 5.80. The summed E-state index contributed by atoms with van der Waals surface area (Å²) in [6, 6.07) is 15.8. The van der Waals surface area contributed by atoms with Gasteiger partial charge in [-0.05, 0) is 108 Å². The molecule has 3 atom stereocenters. The van der Waals surface area contributed by atoms with E-state index < -0.39 is 12.1 Å². The molecule has 0 saturated carbocycles. The van der Waals surface area contributed by atoms with Crippen molar-refractivity contribution >= 4 is 11.5 Å². The molecule has 3 aromatic rings. The maximum atomic E-state index is 11.1. The van der Waals surface area contributed by atoms with Crippen LogP contribution in [-0.4, -0.2) is 54.0 Å². The number of carboxylic acid groups (broad SMARTS) is 1. The number of hydrogen-bond acceptors (Lipinski definition) is 5. The zero-order valence-electron chi connectivity index (χ0n) is 28.9. The van der Waals surface area contributed by atoms with Crippen LogP contribution in [0.1, 0.15) is 103 Å². The van der Waals surface area contributed by atoms with Crippen molar-refractivity contribution in [2.45, 2.75) is 95.3 Å². The van der Waals surface area contributed by atoms with Gasteiger partial charge < -0.3 is 24.6 Å². The molecule has 2 heterocycles. The van der Waals surface area contributed by atoms with E-state index in [9.17, 15) is 9.90 Å². The van der Waals surface area contributed by atoms with E-state index in [0.29, 0.717) is 12.0 Å². The second-order valence-corrected chi connectivity index (χ2v) is 15.3. The molecule has 0 unspecified atom stereocenters. The lowest BCUT2D eigenvalue weighted by Gasteiger charge is -2.42. The second-order valence-electron chi connectivity index (χ2n) is 15.3. The number of hydrogen-bond donors (Lipinski definition) is 2. The first-order valence-corrected chi connectivity index (χ1v) is 16.8. The van der Waals surface area contributed by atoms with Crippen molar-refractivity contribution in [2.75, 3.05) is 20.7 Å². The second kappa shape index (κ2) is 12.0. The van der Waals surface area contributed by atoms with Gasteiger partial charge >= 0.3 is 5.97 Å². The number of aromatic carboxylic acids is 1. The largest absolute Gasteiger partial charge is 0.493 e. The average molecular weight is 636 g/mol. The number of aliphatic hydroxyl groups excluding tert-OH is 1. The standard InChI is InChI=1S/C24H28O2.C17H21NO3/c1-15-13-20-21(24(5,6)12-11-23(20,3)4)14-19(15)16(2)17-7-9-18(10-8-17)22(25)26;1-18-8-7-17-6-5-12(19)9-14(17)21-16-13(20-2)4-3-11(10-18)15(16)17/h7-10,13-14H,2,11-12H2,1,3-6H3,(H,25,26);3-6,12,14,19H,7-10H2,1-2H3/t;12-,14-,17-/m.0/s1. The molecule has 2 aliphatic heterocycles. The Labute approximate surface area is 279 Å². The number of carbonyl (C=O) groups is 1. The molecule has 6 nitrogen and oxygen atoms in total. The molecule has 0 radical (unpaired) electrons. The highest BCUT2D eigenvalue weighted by Crippen LogP contribution is 2.55. The fourth-order valence-corrected chi connectivity index (χ4v) is 8.09. The van der Waals surface area contributed by atoms with E-state index in [-0.39, 0.29) is 22.3 Å². The van der Waals surface area contributed by atoms with Gasteiger partial charge in [-0.25, -0.2) is 4.79 Å². The smallest absolute Gasteiger partial charge is 0.335 e. The van der Waals surface area contributed by atoms with Gasteiger partial charge in [-0.15, -0.1) is 0 Å². The fraction of sp³-hybridized carbons (Fsp3) is 0.439. The van der Waals surface area contributed by atoms with Crippen molar-refractivity contribution in [1.29, 1.82) is 0 Å². The van der Waals surface area contributed by atoms with Crippen molar-refractivity contribution < 1.29 is 24.5 Å². The van der Waals surface area contributed by atoms with Crippen LogP contribution in [-0.2, 0) is 22.8 Å². The maximum absolute atomic E-state index is 11.1. The summed E-state index contributed by atoms with van der Waals surface area (Å²) >= 11 is 0. The van der Waals surface area contributed by atoms with Crippen LogP contribution < -0.4 is 9.47 Å². The highest BCUT2D eigenvalue weighted by Gasteiger charge is 2.52. The summed E-state index contributed by atoms with van der Waals surface area (Å²) in [5.41, 5.74) is 10.3. The number of aryl methyl sites for hydroxylation is 1. The van der Waals surface area contributed by atoms with Crippen molar-refractivity contribution in [3.63, 3.8) is 0 Å². The first kappa shape index (κ1) is 33.0. The van der Waals surface area contributed by atoms with Crippen LogP contribution in [0.3, 0.4) is 0 Å². The Hall–Kier alpha value is -3.87. The molecule has 4 aliphatic rings. The summed E-state index contributed by atoms with van der Waals surface area (Å²) in [7, 11) is 3.84. The normalized spacial score (nSPS) is 24.8. The van der Waals surface area contributed by atoms with E-state index in [1.165, 1.54) is 40.7 Å². The van der Waals surface area contributed by atoms with E-state index in [1.807, 2.05) is 24.3 Å². The van der Waals surface area contributed by atoms with Gasteiger partial charge in [0, 0.05) is 18.5 Å². The predicted octanol–water partition coefficient (Wildman–Crippen LogP) is 7.95. The molecular weight excluding hydrogens is 586 g/mol. The minimum Gasteiger partial charge on any atom is -0.493 e. The molecule has 6 heteroatoms. The summed E-state index contributed by atoms with van der Waals surface area (Å²) in [4.78, 5) is 13.4. The van der Waals surface area contributed by atoms with Gasteiger partial charge in [-0.3, -0.25) is 0 Å². The molecule has 7 rings (SSSR count). The van der Waals surface area contributed by atoms with Crippen molar-refractivity contribution in [2.24, 2.45) is 0 Å². The lowest BCUT2D eigenvalue weighted by atomic mass is 9.62. The van der Waals surface area contributed by atoms with Crippen LogP contribution in [0.25, 0.3) is 5.57 Å². The van der Waals surface area contributed by atoms with Crippen molar-refractivity contribution in [3.05, 3.63) is 112 Å². The molecule has 248 valence electrons. The number of rotatable bonds is 4. The maximum Gasteiger partial charge on any atom is 0.335 e. The molecule has 3 aromatic carbocycles. The number of fused-ring (bicyclic) bond motifs is 1. The monoisotopic (exact) mass is 635 g/mol. The van der Waals surface area contributed by atoms with Crippen LogP contribution in [0.5, 0.6) is 11.5 Å². The Kier molecular flexibility index (Phi) is 8.42. The zero-order chi connectivity index (χ0) is 33.9. The lowest BCUT2D eigenvalue weighted by Crippen LogP contribution is -2.42. The summed E-state index contributed by atoms with van der Waals surface area (Å²) in [6.45, 7) is 17.7. The Morgan fingerprint density at radius 1 is 0.979 bits per heavy atom. The number of benzene rings is 3. The summed E-state index contributed by atoms with van der Waals surface area (Å²) in [5.74, 6) is 0.778. The van der Waals surface area contributed by atoms with E-state index in [4.69, 9.17) is 14.6 Å². The van der Waals surface area contributed by atoms with Crippen LogP contribution in [0.4, 0.5) is 0 Å². The van der Waals surface area contributed by atoms with E-state index in [0.717, 1.165) is 47.7 Å². The molecule has 0 saturated heterocycles. The van der Waals surface area contributed by atoms with E-state index in [1.54, 1.807) is 19.2 Å². The molecule has 0 aromatic heterocycles. The number of aliphatic hydroxyl groups is 1. The van der Waals surface area contributed by atoms with Gasteiger partial charge in [-0.2, -0.15) is 0 Å². The van der Waals surface area contributed by atoms with Crippen molar-refractivity contribution in [3.8, 4) is 11.5 Å². The average Bonchev–Trinajstić information content (AvgIpc) is 3.29. The Bertz CT molecular complexity index is 1750. The highest BCUT2D eigenvalue weighted by atomic mass is 16.5. The van der Waals surface area contributed by atoms with Crippen molar-refractivity contribution in [1.82, 2.24) is 4.90 Å². The Morgan fingerprint density at radius 3 is 2.26 bits per heavy atom. The molecular formula is C41H49NO5. The van der Waals surface area contributed by atoms with Gasteiger partial charge in [-0.1, -0.05) is 76.8 Å². The fourth-order valence-electron chi connectivity index (χ4n) is 8.09. The SMILES string of the molecule is C=C(c1ccc(C(=O)O)cc1)c1cc2c(cc1C)C(C)(C)CCC2(C)C.COc1ccc2c3c1O[C@H]1C[C@@H](O)C=C[C@@]31CCN(C)C2. The third-order valence-electron chi connectivity index (χ3n) is 11.1. The molecule has 2 aliphatic carbocycles. The highest BCUT2D eigenvalue weighted by molar-refractivity contribution is 5.89. The molecule has 0 amide bonds. The molecule has 2 N–H and O–H groups in total. The number of carboxylic acids is 1. The first-order chi connectivity index (χ1) is 22.2. The predicted molar refractivity (Wildman–Crippen MR) is 188 cm³/mol. The van der Waals surface area contributed by atoms with E-state index in [2.05, 4.69) is 77.4 Å². The van der Waals surface area contributed by atoms with Crippen LogP contribution in [0, 0.1) is 6.92 Å². The Morgan fingerprint density at radius 2 is 1.62 bits per heavy atom. The number of nitrogens with zero attached hydrogens (tertiary/aromatic N) is 1. The first-order valence-electron chi connectivity index (χ1n) is 16.8. The van der Waals surface area contributed by atoms with Crippen LogP contribution in [0.15, 0.2) is 67.3 Å². The van der Waals surface area contributed by atoms with Gasteiger partial charge in [0.2, 0.25) is 0 Å². The van der Waals surface area contributed by atoms with Crippen LogP contribution in [0.2, 0.25) is 0 Å². The van der Waals surface area contributed by atoms with Gasteiger partial charge in [0.25, 0.3) is 0 Å². The summed E-state index contributed by atoms with van der Waals surface area (Å²) in [5, 5.41) is 19.1. The third-order valence-corrected chi connectivity index (χ3v) is 11.1. The molecule has 0 fully saturated rings. The van der Waals surface area contributed by atoms with Gasteiger partial charge in [0.05, 0.1) is 24.2 Å². The topological polar surface area (TPSA) is 79.2 Å². The molecule has 0 bridgehead atoms. The quantitative estimate of drug-likeness (QED) is 0.283. The number of methoxy groups -OCH3 is 1. The zero-order valence-corrected chi connectivity index (χ0v) is 28.9. The number of ether oxygens (including phenoxy) is 2. The Balaban J connectivity index is 0.000000168. The minimum atomic E-state index is -0.906. The minimum absolute atomic E-state index is 0.00838. The van der Waals surface area contributed by atoms with Gasteiger partial charge in [0.1, 0.15) is 6.10 Å². The summed E-state index contributed by atoms with van der Waals surface area (Å²) in [6.07, 6.45) is 7.75. The molecule has 1 spiro atoms.